The minimum Gasteiger partial charge on any atom is -0.497 e. The number of hydrogen-bond acceptors (Lipinski definition) is 6. The Hall–Kier alpha value is -3.06. The fraction of sp³-hybridized carbons (Fsp3) is 0.0909. The molecule has 1 aromatic rings. The number of methoxy groups -OCH3 is 1. The molecule has 0 fully saturated rings. The number of carboxylic acids is 1. The molecule has 0 atom stereocenters. The Morgan fingerprint density at radius 1 is 1.44 bits per heavy atom. The van der Waals surface area contributed by atoms with Gasteiger partial charge in [0, 0.05) is 0 Å². The molecule has 0 aromatic heterocycles. The standard InChI is InChI=1S/C11H8N4O3/c1-18-8-2-3-10(9(4-8)11(16)17)15-14-7(5-12)6-13/h2-4,15H,1H3,(H,16,17). The summed E-state index contributed by atoms with van der Waals surface area (Å²) in [5.41, 5.74) is 2.04. The Kier molecular flexibility index (Phi) is 4.24. The zero-order valence-electron chi connectivity index (χ0n) is 9.34. The van der Waals surface area contributed by atoms with E-state index in [9.17, 15) is 4.79 Å². The molecule has 0 saturated carbocycles. The van der Waals surface area contributed by atoms with E-state index in [0.29, 0.717) is 5.75 Å². The molecule has 0 heterocycles. The van der Waals surface area contributed by atoms with Gasteiger partial charge in [0.1, 0.15) is 17.9 Å². The number of anilines is 1. The summed E-state index contributed by atoms with van der Waals surface area (Å²) in [5, 5.41) is 29.4. The van der Waals surface area contributed by atoms with Gasteiger partial charge in [-0.25, -0.2) is 4.79 Å². The maximum absolute atomic E-state index is 11.0. The van der Waals surface area contributed by atoms with Crippen molar-refractivity contribution in [1.82, 2.24) is 0 Å². The largest absolute Gasteiger partial charge is 0.497 e. The van der Waals surface area contributed by atoms with E-state index in [-0.39, 0.29) is 11.3 Å². The molecule has 2 N–H and O–H groups in total. The van der Waals surface area contributed by atoms with Crippen LogP contribution in [0.15, 0.2) is 23.3 Å². The van der Waals surface area contributed by atoms with Crippen LogP contribution in [0.5, 0.6) is 5.75 Å². The molecule has 90 valence electrons. The lowest BCUT2D eigenvalue weighted by Crippen LogP contribution is -2.04. The predicted octanol–water partition coefficient (Wildman–Crippen LogP) is 1.21. The third-order valence-electron chi connectivity index (χ3n) is 1.96. The molecule has 0 amide bonds. The fourth-order valence-corrected chi connectivity index (χ4v) is 1.12. The van der Waals surface area contributed by atoms with Crippen molar-refractivity contribution in [3.63, 3.8) is 0 Å². The molecule has 0 radical (unpaired) electrons. The van der Waals surface area contributed by atoms with Crippen LogP contribution in [0.1, 0.15) is 10.4 Å². The van der Waals surface area contributed by atoms with Crippen molar-refractivity contribution in [3.8, 4) is 17.9 Å². The maximum Gasteiger partial charge on any atom is 0.338 e. The van der Waals surface area contributed by atoms with Crippen LogP contribution in [0.2, 0.25) is 0 Å². The van der Waals surface area contributed by atoms with E-state index in [2.05, 4.69) is 10.5 Å². The normalized spacial score (nSPS) is 8.61. The number of ether oxygens (including phenoxy) is 1. The number of hydrazone groups is 1. The van der Waals surface area contributed by atoms with Gasteiger partial charge in [0.2, 0.25) is 5.71 Å². The molecular weight excluding hydrogens is 236 g/mol. The fourth-order valence-electron chi connectivity index (χ4n) is 1.12. The Bertz CT molecular complexity index is 565. The first-order valence-corrected chi connectivity index (χ1v) is 4.67. The van der Waals surface area contributed by atoms with E-state index in [1.54, 1.807) is 12.1 Å². The van der Waals surface area contributed by atoms with Crippen LogP contribution in [0.25, 0.3) is 0 Å². The first kappa shape index (κ1) is 13.0. The van der Waals surface area contributed by atoms with E-state index >= 15 is 0 Å². The van der Waals surface area contributed by atoms with Crippen molar-refractivity contribution in [2.24, 2.45) is 5.10 Å². The minimum absolute atomic E-state index is 0.0756. The van der Waals surface area contributed by atoms with Gasteiger partial charge in [-0.2, -0.15) is 15.6 Å². The summed E-state index contributed by atoms with van der Waals surface area (Å²) < 4.78 is 4.90. The molecule has 7 heteroatoms. The van der Waals surface area contributed by atoms with Crippen LogP contribution in [-0.4, -0.2) is 23.9 Å². The molecule has 0 unspecified atom stereocenters. The quantitative estimate of drug-likeness (QED) is 0.606. The van der Waals surface area contributed by atoms with Crippen molar-refractivity contribution >= 4 is 17.4 Å². The number of benzene rings is 1. The van der Waals surface area contributed by atoms with E-state index in [4.69, 9.17) is 20.4 Å². The second-order valence-corrected chi connectivity index (χ2v) is 3.01. The highest BCUT2D eigenvalue weighted by atomic mass is 16.5. The van der Waals surface area contributed by atoms with Gasteiger partial charge in [0.05, 0.1) is 18.4 Å². The van der Waals surface area contributed by atoms with Crippen LogP contribution in [0.4, 0.5) is 5.69 Å². The average molecular weight is 244 g/mol. The van der Waals surface area contributed by atoms with Crippen LogP contribution >= 0.6 is 0 Å². The smallest absolute Gasteiger partial charge is 0.338 e. The zero-order chi connectivity index (χ0) is 13.5. The molecule has 0 bridgehead atoms. The number of carbonyl (C=O) groups is 1. The van der Waals surface area contributed by atoms with Gasteiger partial charge >= 0.3 is 5.97 Å². The summed E-state index contributed by atoms with van der Waals surface area (Å²) in [6, 6.07) is 7.36. The molecule has 1 rings (SSSR count). The third-order valence-corrected chi connectivity index (χ3v) is 1.96. The Morgan fingerprint density at radius 3 is 2.61 bits per heavy atom. The molecule has 0 spiro atoms. The molecule has 18 heavy (non-hydrogen) atoms. The monoisotopic (exact) mass is 244 g/mol. The molecule has 0 aliphatic carbocycles. The lowest BCUT2D eigenvalue weighted by molar-refractivity contribution is 0.0697. The highest BCUT2D eigenvalue weighted by Crippen LogP contribution is 2.22. The van der Waals surface area contributed by atoms with E-state index < -0.39 is 11.7 Å². The van der Waals surface area contributed by atoms with Gasteiger partial charge in [-0.05, 0) is 18.2 Å². The van der Waals surface area contributed by atoms with Crippen LogP contribution in [-0.2, 0) is 0 Å². The third kappa shape index (κ3) is 2.97. The highest BCUT2D eigenvalue weighted by Gasteiger charge is 2.11. The number of nitriles is 2. The molecule has 7 nitrogen and oxygen atoms in total. The Morgan fingerprint density at radius 2 is 2.11 bits per heavy atom. The minimum atomic E-state index is -1.18. The van der Waals surface area contributed by atoms with Gasteiger partial charge in [-0.15, -0.1) is 0 Å². The SMILES string of the molecule is COc1ccc(NN=C(C#N)C#N)c(C(=O)O)c1. The van der Waals surface area contributed by atoms with Crippen molar-refractivity contribution in [3.05, 3.63) is 23.8 Å². The number of carboxylic acid groups (broad SMARTS) is 1. The summed E-state index contributed by atoms with van der Waals surface area (Å²) >= 11 is 0. The highest BCUT2D eigenvalue weighted by molar-refractivity contribution is 6.10. The molecule has 1 aromatic carbocycles. The lowest BCUT2D eigenvalue weighted by atomic mass is 10.2. The second kappa shape index (κ2) is 5.87. The molecular formula is C11H8N4O3. The van der Waals surface area contributed by atoms with Gasteiger partial charge in [-0.1, -0.05) is 0 Å². The number of aromatic carboxylic acids is 1. The van der Waals surface area contributed by atoms with Crippen LogP contribution in [0, 0.1) is 22.7 Å². The average Bonchev–Trinajstić information content (AvgIpc) is 2.39. The van der Waals surface area contributed by atoms with Crippen molar-refractivity contribution < 1.29 is 14.6 Å². The zero-order valence-corrected chi connectivity index (χ0v) is 9.34. The van der Waals surface area contributed by atoms with Crippen LogP contribution in [0.3, 0.4) is 0 Å². The summed E-state index contributed by atoms with van der Waals surface area (Å²) in [6.45, 7) is 0. The Labute approximate surface area is 103 Å². The summed E-state index contributed by atoms with van der Waals surface area (Å²) in [4.78, 5) is 11.0. The Balaban J connectivity index is 3.11. The van der Waals surface area contributed by atoms with Crippen molar-refractivity contribution in [1.29, 1.82) is 10.5 Å². The topological polar surface area (TPSA) is 118 Å². The molecule has 0 aliphatic heterocycles. The van der Waals surface area contributed by atoms with Crippen molar-refractivity contribution in [2.75, 3.05) is 12.5 Å². The van der Waals surface area contributed by atoms with E-state index in [1.165, 1.54) is 25.3 Å². The van der Waals surface area contributed by atoms with Gasteiger partial charge in [0.15, 0.2) is 0 Å². The van der Waals surface area contributed by atoms with Crippen molar-refractivity contribution in [2.45, 2.75) is 0 Å². The molecule has 0 aliphatic rings. The summed E-state index contributed by atoms with van der Waals surface area (Å²) in [5.74, 6) is -0.801. The second-order valence-electron chi connectivity index (χ2n) is 3.01. The van der Waals surface area contributed by atoms with E-state index in [0.717, 1.165) is 0 Å². The van der Waals surface area contributed by atoms with Gasteiger partial charge < -0.3 is 9.84 Å². The van der Waals surface area contributed by atoms with Gasteiger partial charge in [0.25, 0.3) is 0 Å². The van der Waals surface area contributed by atoms with Crippen LogP contribution < -0.4 is 10.2 Å². The maximum atomic E-state index is 11.0. The molecule has 0 saturated heterocycles. The number of nitrogens with one attached hydrogen (secondary N) is 1. The summed E-state index contributed by atoms with van der Waals surface area (Å²) in [6.07, 6.45) is 0. The number of nitrogens with zero attached hydrogens (tertiary/aromatic N) is 3. The first-order valence-electron chi connectivity index (χ1n) is 4.67. The number of rotatable bonds is 4. The predicted molar refractivity (Wildman–Crippen MR) is 62.2 cm³/mol. The number of hydrogen-bond donors (Lipinski definition) is 2. The summed E-state index contributed by atoms with van der Waals surface area (Å²) in [7, 11) is 1.41. The lowest BCUT2D eigenvalue weighted by Gasteiger charge is -2.07. The first-order chi connectivity index (χ1) is 8.62. The van der Waals surface area contributed by atoms with Gasteiger partial charge in [-0.3, -0.25) is 5.43 Å². The van der Waals surface area contributed by atoms with E-state index in [1.807, 2.05) is 0 Å².